The van der Waals surface area contributed by atoms with Gasteiger partial charge >= 0.3 is 5.97 Å². The SMILES string of the molecule is CC(C)[C@@H](NC(=O)[C@@H](C)NC(=O)[C@H](NC(=O)C[C@H](O)C=CCCSC(c1ccccc1)(c1ccccc1)c1ccccc1)C(C)C)[C@@H](O)CC(=O)O. The van der Waals surface area contributed by atoms with Crippen molar-refractivity contribution in [3.63, 3.8) is 0 Å². The summed E-state index contributed by atoms with van der Waals surface area (Å²) in [5.74, 6) is -2.77. The van der Waals surface area contributed by atoms with Crippen LogP contribution in [0.3, 0.4) is 0 Å². The van der Waals surface area contributed by atoms with E-state index in [-0.39, 0.29) is 18.3 Å². The van der Waals surface area contributed by atoms with Gasteiger partial charge in [-0.2, -0.15) is 0 Å². The van der Waals surface area contributed by atoms with Crippen molar-refractivity contribution in [3.8, 4) is 0 Å². The molecule has 11 heteroatoms. The maximum Gasteiger partial charge on any atom is 0.306 e. The third-order valence-electron chi connectivity index (χ3n) is 8.74. The molecular formula is C41H53N3O7S. The van der Waals surface area contributed by atoms with Crippen LogP contribution in [-0.4, -0.2) is 75.1 Å². The second-order valence-corrected chi connectivity index (χ2v) is 14.9. The number of hydrogen-bond donors (Lipinski definition) is 6. The molecule has 5 atom stereocenters. The highest BCUT2D eigenvalue weighted by Gasteiger charge is 2.36. The lowest BCUT2D eigenvalue weighted by Crippen LogP contribution is -2.57. The van der Waals surface area contributed by atoms with Crippen LogP contribution in [0.5, 0.6) is 0 Å². The van der Waals surface area contributed by atoms with E-state index < -0.39 is 65.2 Å². The summed E-state index contributed by atoms with van der Waals surface area (Å²) >= 11 is 1.80. The Morgan fingerprint density at radius 1 is 0.692 bits per heavy atom. The minimum atomic E-state index is -1.31. The lowest BCUT2D eigenvalue weighted by molar-refractivity contribution is -0.140. The first-order chi connectivity index (χ1) is 24.8. The average Bonchev–Trinajstić information content (AvgIpc) is 3.11. The lowest BCUT2D eigenvalue weighted by Gasteiger charge is -2.35. The second kappa shape index (κ2) is 20.6. The number of thioether (sulfide) groups is 1. The van der Waals surface area contributed by atoms with E-state index in [2.05, 4.69) is 52.3 Å². The van der Waals surface area contributed by atoms with Gasteiger partial charge in [0.15, 0.2) is 0 Å². The molecule has 0 saturated heterocycles. The zero-order valence-electron chi connectivity index (χ0n) is 30.6. The molecule has 0 aliphatic rings. The van der Waals surface area contributed by atoms with Crippen molar-refractivity contribution in [2.75, 3.05) is 5.75 Å². The van der Waals surface area contributed by atoms with Crippen LogP contribution in [0.2, 0.25) is 0 Å². The molecule has 3 aromatic carbocycles. The van der Waals surface area contributed by atoms with Gasteiger partial charge in [-0.15, -0.1) is 11.8 Å². The maximum absolute atomic E-state index is 13.1. The summed E-state index contributed by atoms with van der Waals surface area (Å²) in [4.78, 5) is 50.0. The van der Waals surface area contributed by atoms with Crippen LogP contribution in [0.15, 0.2) is 103 Å². The third-order valence-corrected chi connectivity index (χ3v) is 10.3. The number of aliphatic carboxylic acids is 1. The number of aliphatic hydroxyl groups is 2. The number of carboxylic acids is 1. The number of aliphatic hydroxyl groups excluding tert-OH is 2. The van der Waals surface area contributed by atoms with Crippen molar-refractivity contribution in [1.82, 2.24) is 16.0 Å². The van der Waals surface area contributed by atoms with Crippen molar-refractivity contribution in [2.45, 2.75) is 89.0 Å². The van der Waals surface area contributed by atoms with Gasteiger partial charge in [-0.1, -0.05) is 131 Å². The van der Waals surface area contributed by atoms with Crippen LogP contribution in [0.25, 0.3) is 0 Å². The molecule has 10 nitrogen and oxygen atoms in total. The summed E-state index contributed by atoms with van der Waals surface area (Å²) in [6.07, 6.45) is 0.922. The number of carbonyl (C=O) groups excluding carboxylic acids is 3. The smallest absolute Gasteiger partial charge is 0.306 e. The van der Waals surface area contributed by atoms with Gasteiger partial charge in [-0.05, 0) is 47.6 Å². The summed E-state index contributed by atoms with van der Waals surface area (Å²) in [5.41, 5.74) is 3.48. The molecule has 0 fully saturated rings. The number of carbonyl (C=O) groups is 4. The van der Waals surface area contributed by atoms with Crippen molar-refractivity contribution in [1.29, 1.82) is 0 Å². The van der Waals surface area contributed by atoms with Crippen LogP contribution in [0, 0.1) is 11.8 Å². The van der Waals surface area contributed by atoms with Crippen molar-refractivity contribution in [2.24, 2.45) is 11.8 Å². The number of carboxylic acid groups (broad SMARTS) is 1. The van der Waals surface area contributed by atoms with E-state index in [1.54, 1.807) is 45.5 Å². The van der Waals surface area contributed by atoms with E-state index >= 15 is 0 Å². The van der Waals surface area contributed by atoms with Crippen LogP contribution in [0.4, 0.5) is 0 Å². The molecule has 0 aromatic heterocycles. The molecule has 0 aliphatic carbocycles. The summed E-state index contributed by atoms with van der Waals surface area (Å²) < 4.78 is -0.460. The van der Waals surface area contributed by atoms with E-state index in [0.717, 1.165) is 22.4 Å². The Hall–Kier alpha value is -4.45. The van der Waals surface area contributed by atoms with Crippen molar-refractivity contribution < 1.29 is 34.5 Å². The minimum absolute atomic E-state index is 0.254. The molecule has 3 amide bonds. The van der Waals surface area contributed by atoms with E-state index in [1.807, 2.05) is 60.7 Å². The minimum Gasteiger partial charge on any atom is -0.481 e. The van der Waals surface area contributed by atoms with Crippen LogP contribution < -0.4 is 16.0 Å². The normalized spacial score (nSPS) is 14.7. The first-order valence-electron chi connectivity index (χ1n) is 17.7. The Morgan fingerprint density at radius 3 is 1.63 bits per heavy atom. The molecule has 52 heavy (non-hydrogen) atoms. The van der Waals surface area contributed by atoms with Crippen LogP contribution in [-0.2, 0) is 23.9 Å². The summed E-state index contributed by atoms with van der Waals surface area (Å²) in [7, 11) is 0. The Bertz CT molecular complexity index is 1510. The predicted octanol–water partition coefficient (Wildman–Crippen LogP) is 5.03. The van der Waals surface area contributed by atoms with Gasteiger partial charge in [-0.3, -0.25) is 19.2 Å². The summed E-state index contributed by atoms with van der Waals surface area (Å²) in [5, 5.41) is 37.9. The zero-order valence-corrected chi connectivity index (χ0v) is 31.4. The van der Waals surface area contributed by atoms with Gasteiger partial charge in [0.2, 0.25) is 17.7 Å². The Balaban J connectivity index is 1.59. The molecule has 0 radical (unpaired) electrons. The molecule has 3 rings (SSSR count). The second-order valence-electron chi connectivity index (χ2n) is 13.6. The van der Waals surface area contributed by atoms with Gasteiger partial charge in [-0.25, -0.2) is 0 Å². The maximum atomic E-state index is 13.1. The molecule has 0 unspecified atom stereocenters. The zero-order chi connectivity index (χ0) is 38.3. The van der Waals surface area contributed by atoms with Gasteiger partial charge in [0.25, 0.3) is 0 Å². The summed E-state index contributed by atoms with van der Waals surface area (Å²) in [6.45, 7) is 8.44. The number of hydrogen-bond acceptors (Lipinski definition) is 7. The van der Waals surface area contributed by atoms with Crippen molar-refractivity contribution >= 4 is 35.5 Å². The van der Waals surface area contributed by atoms with Gasteiger partial charge < -0.3 is 31.3 Å². The number of allylic oxidation sites excluding steroid dienone is 1. The molecule has 6 N–H and O–H groups in total. The van der Waals surface area contributed by atoms with E-state index in [1.165, 1.54) is 6.92 Å². The highest BCUT2D eigenvalue weighted by Crippen LogP contribution is 2.48. The molecule has 0 aliphatic heterocycles. The van der Waals surface area contributed by atoms with Gasteiger partial charge in [0.1, 0.15) is 12.1 Å². The van der Waals surface area contributed by atoms with E-state index in [0.29, 0.717) is 6.42 Å². The Morgan fingerprint density at radius 2 is 1.19 bits per heavy atom. The fourth-order valence-electron chi connectivity index (χ4n) is 6.00. The predicted molar refractivity (Wildman–Crippen MR) is 205 cm³/mol. The molecule has 280 valence electrons. The first kappa shape index (κ1) is 42.0. The Labute approximate surface area is 311 Å². The van der Waals surface area contributed by atoms with E-state index in [4.69, 9.17) is 5.11 Å². The largest absolute Gasteiger partial charge is 0.481 e. The fourth-order valence-corrected chi connectivity index (χ4v) is 7.47. The highest BCUT2D eigenvalue weighted by molar-refractivity contribution is 8.00. The Kier molecular flexibility index (Phi) is 16.6. The van der Waals surface area contributed by atoms with Gasteiger partial charge in [0.05, 0.1) is 35.8 Å². The van der Waals surface area contributed by atoms with Crippen molar-refractivity contribution in [3.05, 3.63) is 120 Å². The molecule has 0 bridgehead atoms. The highest BCUT2D eigenvalue weighted by atomic mass is 32.2. The molecule has 0 saturated carbocycles. The molecule has 0 spiro atoms. The average molecular weight is 732 g/mol. The van der Waals surface area contributed by atoms with Crippen LogP contribution >= 0.6 is 11.8 Å². The van der Waals surface area contributed by atoms with Crippen LogP contribution in [0.1, 0.15) is 70.6 Å². The number of rotatable bonds is 20. The lowest BCUT2D eigenvalue weighted by atomic mass is 9.84. The standard InChI is InChI=1S/C41H53N3O7S/c1-27(2)37(34(46)26-36(48)49)44-39(50)29(5)42-40(51)38(28(3)4)43-35(47)25-33(45)23-15-16-24-52-41(30-17-9-6-10-18-30,31-19-11-7-12-20-31)32-21-13-8-14-22-32/h6-15,17-23,27-29,33-34,37-38,45-46H,16,24-26H2,1-5H3,(H,42,51)(H,43,47)(H,44,50)(H,48,49)/t29-,33-,34+,37-,38-/m1/s1. The van der Waals surface area contributed by atoms with E-state index in [9.17, 15) is 29.4 Å². The number of nitrogens with one attached hydrogen (secondary N) is 3. The molecular weight excluding hydrogens is 679 g/mol. The summed E-state index contributed by atoms with van der Waals surface area (Å²) in [6, 6.07) is 28.3. The monoisotopic (exact) mass is 731 g/mol. The third kappa shape index (κ3) is 12.1. The fraction of sp³-hybridized carbons (Fsp3) is 0.415. The first-order valence-corrected chi connectivity index (χ1v) is 18.7. The van der Waals surface area contributed by atoms with Gasteiger partial charge in [0, 0.05) is 0 Å². The quantitative estimate of drug-likeness (QED) is 0.0535. The molecule has 0 heterocycles. The topological polar surface area (TPSA) is 165 Å². The number of benzene rings is 3. The molecule has 3 aromatic rings. The number of amides is 3.